The highest BCUT2D eigenvalue weighted by Gasteiger charge is 2.55. The maximum Gasteiger partial charge on any atom is 0.498 e. The van der Waals surface area contributed by atoms with E-state index < -0.39 is 28.0 Å². The zero-order valence-corrected chi connectivity index (χ0v) is 17.3. The Labute approximate surface area is 157 Å². The molecule has 0 aromatic carbocycles. The minimum Gasteiger partial charge on any atom is -0.444 e. The van der Waals surface area contributed by atoms with Gasteiger partial charge in [0, 0.05) is 23.3 Å². The maximum absolute atomic E-state index is 11.9. The van der Waals surface area contributed by atoms with Gasteiger partial charge in [-0.15, -0.1) is 0 Å². The van der Waals surface area contributed by atoms with Crippen LogP contribution < -0.4 is 5.32 Å². The molecule has 1 heterocycles. The van der Waals surface area contributed by atoms with Gasteiger partial charge in [0.25, 0.3) is 0 Å². The van der Waals surface area contributed by atoms with E-state index in [1.54, 1.807) is 20.8 Å². The number of halogens is 1. The molecule has 1 amide bonds. The summed E-state index contributed by atoms with van der Waals surface area (Å²) in [6.07, 6.45) is 2.91. The predicted molar refractivity (Wildman–Crippen MR) is 102 cm³/mol. The van der Waals surface area contributed by atoms with E-state index in [2.05, 4.69) is 27.9 Å². The van der Waals surface area contributed by atoms with Gasteiger partial charge in [0.05, 0.1) is 5.60 Å². The fourth-order valence-corrected chi connectivity index (χ4v) is 2.55. The normalized spacial score (nSPS) is 27.1. The maximum atomic E-state index is 11.9. The number of hydrogen-bond acceptors (Lipinski definition) is 5. The van der Waals surface area contributed by atoms with Crippen LogP contribution in [0.1, 0.15) is 54.4 Å². The third-order valence-electron chi connectivity index (χ3n) is 4.10. The minimum atomic E-state index is -0.676. The minimum absolute atomic E-state index is 0.216. The van der Waals surface area contributed by atoms with Gasteiger partial charge in [-0.25, -0.2) is 4.79 Å². The second-order valence-corrected chi connectivity index (χ2v) is 9.99. The summed E-state index contributed by atoms with van der Waals surface area (Å²) in [5, 5.41) is 11.0. The van der Waals surface area contributed by atoms with Gasteiger partial charge in [-0.3, -0.25) is 5.32 Å². The number of carbonyl (C=O) groups is 1. The predicted octanol–water partition coefficient (Wildman–Crippen LogP) is 3.83. The number of carbonyl (C=O) groups excluding carboxylic acids is 1. The van der Waals surface area contributed by atoms with Gasteiger partial charge in [-0.1, -0.05) is 0 Å². The Morgan fingerprint density at radius 2 is 1.92 bits per heavy atom. The summed E-state index contributed by atoms with van der Waals surface area (Å²) in [7, 11) is -0.676. The summed E-state index contributed by atoms with van der Waals surface area (Å²) in [4.78, 5) is 11.9. The van der Waals surface area contributed by atoms with E-state index in [0.29, 0.717) is 11.2 Å². The lowest BCUT2D eigenvalue weighted by Crippen LogP contribution is -2.38. The van der Waals surface area contributed by atoms with Gasteiger partial charge in [0.15, 0.2) is 0 Å². The van der Waals surface area contributed by atoms with Crippen LogP contribution in [0, 0.1) is 11.3 Å². The molecular weight excluding hydrogens is 422 g/mol. The Morgan fingerprint density at radius 3 is 2.33 bits per heavy atom. The van der Waals surface area contributed by atoms with Crippen LogP contribution in [0.25, 0.3) is 0 Å². The fraction of sp³-hybridized carbons (Fsp3) is 0.750. The van der Waals surface area contributed by atoms with E-state index in [1.807, 2.05) is 20.8 Å². The molecule has 0 aromatic heterocycles. The van der Waals surface area contributed by atoms with Crippen LogP contribution >= 0.6 is 22.6 Å². The Kier molecular flexibility index (Phi) is 5.43. The topological polar surface area (TPSA) is 80.6 Å². The Bertz CT molecular complexity index is 549. The quantitative estimate of drug-likeness (QED) is 0.297. The number of rotatable bonds is 4. The second kappa shape index (κ2) is 6.61. The molecule has 134 valence electrons. The molecule has 2 rings (SSSR count). The van der Waals surface area contributed by atoms with Crippen molar-refractivity contribution in [1.29, 1.82) is 5.41 Å². The summed E-state index contributed by atoms with van der Waals surface area (Å²) in [6, 6.07) is 0. The molecule has 1 unspecified atom stereocenters. The molecule has 24 heavy (non-hydrogen) atoms. The average molecular weight is 448 g/mol. The highest BCUT2D eigenvalue weighted by atomic mass is 127. The molecule has 2 N–H and O–H groups in total. The van der Waals surface area contributed by atoms with Gasteiger partial charge < -0.3 is 19.5 Å². The highest BCUT2D eigenvalue weighted by molar-refractivity contribution is 14.1. The number of ether oxygens (including phenoxy) is 1. The molecule has 2 fully saturated rings. The average Bonchev–Trinajstić information content (AvgIpc) is 3.15. The van der Waals surface area contributed by atoms with Crippen molar-refractivity contribution in [2.75, 3.05) is 0 Å². The zero-order valence-electron chi connectivity index (χ0n) is 15.2. The molecule has 0 aromatic rings. The lowest BCUT2D eigenvalue weighted by atomic mass is 9.74. The van der Waals surface area contributed by atoms with Gasteiger partial charge in [0.2, 0.25) is 0 Å². The summed E-state index contributed by atoms with van der Waals surface area (Å²) < 4.78 is 16.8. The third kappa shape index (κ3) is 4.73. The third-order valence-corrected chi connectivity index (χ3v) is 5.65. The molecule has 1 aliphatic heterocycles. The van der Waals surface area contributed by atoms with Crippen molar-refractivity contribution in [1.82, 2.24) is 5.32 Å². The molecule has 8 heteroatoms. The van der Waals surface area contributed by atoms with E-state index in [-0.39, 0.29) is 5.92 Å². The molecule has 6 nitrogen and oxygen atoms in total. The van der Waals surface area contributed by atoms with Gasteiger partial charge in [-0.2, -0.15) is 0 Å². The van der Waals surface area contributed by atoms with Crippen LogP contribution in [0.3, 0.4) is 0 Å². The lowest BCUT2D eigenvalue weighted by molar-refractivity contribution is 0.0552. The number of nitrogens with one attached hydrogen (secondary N) is 2. The zero-order chi connectivity index (χ0) is 18.3. The highest BCUT2D eigenvalue weighted by Crippen LogP contribution is 2.45. The van der Waals surface area contributed by atoms with Gasteiger partial charge in [-0.05, 0) is 77.0 Å². The van der Waals surface area contributed by atoms with Crippen LogP contribution in [-0.2, 0) is 14.0 Å². The van der Waals surface area contributed by atoms with E-state index in [9.17, 15) is 4.79 Å². The van der Waals surface area contributed by atoms with E-state index >= 15 is 0 Å². The summed E-state index contributed by atoms with van der Waals surface area (Å²) in [6.45, 7) is 11.3. The molecular formula is C16H26BIN2O4. The first-order chi connectivity index (χ1) is 10.8. The van der Waals surface area contributed by atoms with E-state index in [0.717, 1.165) is 12.8 Å². The first-order valence-electron chi connectivity index (χ1n) is 8.15. The van der Waals surface area contributed by atoms with Crippen molar-refractivity contribution < 1.29 is 18.8 Å². The standard InChI is InChI=1S/C16H26BIN2O4/c1-14(2,3)22-13(21)20-9-11(12(19)10-7-8-10)17-23-15(4,5)16(6,18)24-17/h9-10,19H,7-8H2,1-6H3,(H,20,21)/b11-9+,19-12?. The van der Waals surface area contributed by atoms with Crippen LogP contribution in [0.15, 0.2) is 11.7 Å². The SMILES string of the molecule is CC(C)(C)OC(=O)N/C=C(/B1OC(C)(C)C(C)(I)O1)C(=N)C1CC1. The smallest absolute Gasteiger partial charge is 0.444 e. The number of amides is 1. The monoisotopic (exact) mass is 448 g/mol. The molecule has 0 spiro atoms. The van der Waals surface area contributed by atoms with Crippen molar-refractivity contribution in [2.24, 2.45) is 5.92 Å². The van der Waals surface area contributed by atoms with Crippen LogP contribution in [0.2, 0.25) is 0 Å². The van der Waals surface area contributed by atoms with Crippen LogP contribution in [-0.4, -0.2) is 33.7 Å². The number of alkyl carbamates (subject to hydrolysis) is 1. The van der Waals surface area contributed by atoms with Gasteiger partial charge in [0.1, 0.15) is 9.21 Å². The van der Waals surface area contributed by atoms with Crippen molar-refractivity contribution in [3.8, 4) is 0 Å². The molecule has 1 atom stereocenters. The number of hydrogen-bond donors (Lipinski definition) is 2. The second-order valence-electron chi connectivity index (χ2n) is 7.93. The largest absolute Gasteiger partial charge is 0.498 e. The van der Waals surface area contributed by atoms with Crippen molar-refractivity contribution in [2.45, 2.75) is 69.2 Å². The van der Waals surface area contributed by atoms with Crippen molar-refractivity contribution in [3.05, 3.63) is 11.7 Å². The van der Waals surface area contributed by atoms with Crippen LogP contribution in [0.4, 0.5) is 4.79 Å². The summed E-state index contributed by atoms with van der Waals surface area (Å²) in [5.41, 5.74) is -0.0732. The Balaban J connectivity index is 2.16. The lowest BCUT2D eigenvalue weighted by Gasteiger charge is -2.30. The fourth-order valence-electron chi connectivity index (χ4n) is 2.19. The Hall–Kier alpha value is -0.605. The molecule has 2 aliphatic rings. The van der Waals surface area contributed by atoms with Crippen molar-refractivity contribution >= 4 is 41.5 Å². The first-order valence-corrected chi connectivity index (χ1v) is 9.23. The van der Waals surface area contributed by atoms with Gasteiger partial charge >= 0.3 is 13.2 Å². The number of allylic oxidation sites excluding steroid dienone is 1. The first kappa shape index (κ1) is 19.7. The molecule has 0 bridgehead atoms. The molecule has 0 radical (unpaired) electrons. The molecule has 1 aliphatic carbocycles. The molecule has 1 saturated carbocycles. The number of alkyl halides is 1. The van der Waals surface area contributed by atoms with Crippen molar-refractivity contribution in [3.63, 3.8) is 0 Å². The summed E-state index contributed by atoms with van der Waals surface area (Å²) >= 11 is 2.22. The van der Waals surface area contributed by atoms with E-state index in [1.165, 1.54) is 6.20 Å². The molecule has 1 saturated heterocycles. The van der Waals surface area contributed by atoms with Crippen LogP contribution in [0.5, 0.6) is 0 Å². The summed E-state index contributed by atoms with van der Waals surface area (Å²) in [5.74, 6) is 0.216. The van der Waals surface area contributed by atoms with E-state index in [4.69, 9.17) is 19.5 Å². The Morgan fingerprint density at radius 1 is 1.33 bits per heavy atom.